The molecule has 7 heteroatoms. The van der Waals surface area contributed by atoms with Crippen molar-refractivity contribution in [2.75, 3.05) is 13.7 Å². The molecule has 0 aliphatic rings. The molecular formula is C22H20ClNO5. The average Bonchev–Trinajstić information content (AvgIpc) is 3.22. The Hall–Kier alpha value is -3.25. The summed E-state index contributed by atoms with van der Waals surface area (Å²) >= 11 is 6.23. The summed E-state index contributed by atoms with van der Waals surface area (Å²) in [6, 6.07) is 13.0. The Morgan fingerprint density at radius 3 is 2.76 bits per heavy atom. The molecule has 3 aromatic rings. The van der Waals surface area contributed by atoms with Gasteiger partial charge in [-0.3, -0.25) is 0 Å². The molecule has 0 fully saturated rings. The van der Waals surface area contributed by atoms with Gasteiger partial charge in [-0.2, -0.15) is 0 Å². The Labute approximate surface area is 173 Å². The van der Waals surface area contributed by atoms with E-state index in [1.54, 1.807) is 24.4 Å². The smallest absolute Gasteiger partial charge is 0.331 e. The first-order valence-corrected chi connectivity index (χ1v) is 9.33. The third kappa shape index (κ3) is 5.39. The van der Waals surface area contributed by atoms with Gasteiger partial charge in [0.1, 0.15) is 0 Å². The van der Waals surface area contributed by atoms with E-state index in [4.69, 9.17) is 30.2 Å². The van der Waals surface area contributed by atoms with Crippen LogP contribution in [0.2, 0.25) is 5.02 Å². The van der Waals surface area contributed by atoms with Gasteiger partial charge >= 0.3 is 5.97 Å². The van der Waals surface area contributed by atoms with Crippen molar-refractivity contribution in [1.82, 2.24) is 4.98 Å². The van der Waals surface area contributed by atoms with Crippen LogP contribution in [0.1, 0.15) is 18.4 Å². The van der Waals surface area contributed by atoms with Crippen molar-refractivity contribution < 1.29 is 23.4 Å². The molecule has 29 heavy (non-hydrogen) atoms. The first-order valence-electron chi connectivity index (χ1n) is 8.96. The van der Waals surface area contributed by atoms with Crippen LogP contribution in [-0.2, 0) is 16.1 Å². The summed E-state index contributed by atoms with van der Waals surface area (Å²) < 4.78 is 21.5. The van der Waals surface area contributed by atoms with E-state index in [1.165, 1.54) is 13.2 Å². The van der Waals surface area contributed by atoms with Gasteiger partial charge in [-0.15, -0.1) is 0 Å². The minimum absolute atomic E-state index is 0.0661. The topological polar surface area (TPSA) is 70.8 Å². The van der Waals surface area contributed by atoms with Crippen LogP contribution in [-0.4, -0.2) is 24.7 Å². The molecule has 6 nitrogen and oxygen atoms in total. The highest BCUT2D eigenvalue weighted by Gasteiger charge is 2.11. The molecule has 1 heterocycles. The second-order valence-electron chi connectivity index (χ2n) is 5.89. The van der Waals surface area contributed by atoms with Crippen LogP contribution < -0.4 is 9.47 Å². The summed E-state index contributed by atoms with van der Waals surface area (Å²) in [5.41, 5.74) is 1.58. The maximum atomic E-state index is 12.0. The number of esters is 1. The number of aromatic nitrogens is 1. The number of carbonyl (C=O) groups excluding carboxylic acids is 1. The van der Waals surface area contributed by atoms with E-state index >= 15 is 0 Å². The standard InChI is InChI=1S/C22H20ClNO5/c1-3-27-22-17(23)11-15(12-18(22)26-2)9-10-21(25)28-14-20-24-13-19(29-20)16-7-5-4-6-8-16/h4-13H,3,14H2,1-2H3/b10-9+. The van der Waals surface area contributed by atoms with E-state index in [0.717, 1.165) is 5.56 Å². The van der Waals surface area contributed by atoms with Crippen LogP contribution in [0.15, 0.2) is 59.2 Å². The van der Waals surface area contributed by atoms with E-state index < -0.39 is 5.97 Å². The van der Waals surface area contributed by atoms with E-state index in [1.807, 2.05) is 37.3 Å². The molecule has 2 aromatic carbocycles. The second kappa shape index (κ2) is 9.80. The van der Waals surface area contributed by atoms with Crippen LogP contribution in [0.3, 0.4) is 0 Å². The molecule has 0 unspecified atom stereocenters. The number of oxazole rings is 1. The largest absolute Gasteiger partial charge is 0.493 e. The van der Waals surface area contributed by atoms with Gasteiger partial charge in [-0.05, 0) is 30.7 Å². The van der Waals surface area contributed by atoms with E-state index in [2.05, 4.69) is 4.98 Å². The quantitative estimate of drug-likeness (QED) is 0.375. The number of hydrogen-bond donors (Lipinski definition) is 0. The minimum Gasteiger partial charge on any atom is -0.493 e. The number of carbonyl (C=O) groups is 1. The Balaban J connectivity index is 1.60. The lowest BCUT2D eigenvalue weighted by molar-refractivity contribution is -0.139. The first-order chi connectivity index (χ1) is 14.1. The average molecular weight is 414 g/mol. The second-order valence-corrected chi connectivity index (χ2v) is 6.30. The van der Waals surface area contributed by atoms with Crippen LogP contribution in [0, 0.1) is 0 Å². The number of hydrogen-bond acceptors (Lipinski definition) is 6. The molecule has 0 saturated carbocycles. The Morgan fingerprint density at radius 1 is 1.24 bits per heavy atom. The number of methoxy groups -OCH3 is 1. The molecule has 0 amide bonds. The maximum Gasteiger partial charge on any atom is 0.331 e. The van der Waals surface area contributed by atoms with Crippen LogP contribution in [0.4, 0.5) is 0 Å². The predicted molar refractivity (Wildman–Crippen MR) is 110 cm³/mol. The normalized spacial score (nSPS) is 10.9. The highest BCUT2D eigenvalue weighted by molar-refractivity contribution is 6.32. The highest BCUT2D eigenvalue weighted by atomic mass is 35.5. The summed E-state index contributed by atoms with van der Waals surface area (Å²) in [4.78, 5) is 16.1. The fourth-order valence-corrected chi connectivity index (χ4v) is 2.85. The summed E-state index contributed by atoms with van der Waals surface area (Å²) in [6.07, 6.45) is 4.48. The lowest BCUT2D eigenvalue weighted by Gasteiger charge is -2.11. The summed E-state index contributed by atoms with van der Waals surface area (Å²) in [5, 5.41) is 0.396. The summed E-state index contributed by atoms with van der Waals surface area (Å²) in [5.74, 6) is 1.35. The Morgan fingerprint density at radius 2 is 2.03 bits per heavy atom. The number of halogens is 1. The van der Waals surface area contributed by atoms with Gasteiger partial charge in [0.15, 0.2) is 23.9 Å². The third-order valence-electron chi connectivity index (χ3n) is 3.90. The Bertz CT molecular complexity index is 998. The number of benzene rings is 2. The maximum absolute atomic E-state index is 12.0. The number of rotatable bonds is 8. The molecule has 0 N–H and O–H groups in total. The van der Waals surface area contributed by atoms with Gasteiger partial charge in [0.25, 0.3) is 0 Å². The zero-order chi connectivity index (χ0) is 20.6. The summed E-state index contributed by atoms with van der Waals surface area (Å²) in [6.45, 7) is 2.25. The molecule has 0 bridgehead atoms. The van der Waals surface area contributed by atoms with Crippen LogP contribution in [0.25, 0.3) is 17.4 Å². The molecule has 0 aliphatic carbocycles. The SMILES string of the molecule is CCOc1c(Cl)cc(/C=C/C(=O)OCc2ncc(-c3ccccc3)o2)cc1OC. The lowest BCUT2D eigenvalue weighted by Crippen LogP contribution is -2.01. The first kappa shape index (κ1) is 20.5. The van der Waals surface area contributed by atoms with Crippen molar-refractivity contribution in [3.63, 3.8) is 0 Å². The molecule has 0 radical (unpaired) electrons. The number of ether oxygens (including phenoxy) is 3. The van der Waals surface area contributed by atoms with Gasteiger partial charge in [0, 0.05) is 11.6 Å². The highest BCUT2D eigenvalue weighted by Crippen LogP contribution is 2.36. The van der Waals surface area contributed by atoms with Crippen molar-refractivity contribution in [1.29, 1.82) is 0 Å². The molecule has 150 valence electrons. The zero-order valence-electron chi connectivity index (χ0n) is 16.1. The fourth-order valence-electron chi connectivity index (χ4n) is 2.58. The fraction of sp³-hybridized carbons (Fsp3) is 0.182. The molecule has 1 aromatic heterocycles. The minimum atomic E-state index is -0.534. The van der Waals surface area contributed by atoms with E-state index in [-0.39, 0.29) is 6.61 Å². The van der Waals surface area contributed by atoms with Crippen molar-refractivity contribution >= 4 is 23.6 Å². The molecule has 0 spiro atoms. The predicted octanol–water partition coefficient (Wildman–Crippen LogP) is 5.16. The monoisotopic (exact) mass is 413 g/mol. The molecule has 0 saturated heterocycles. The van der Waals surface area contributed by atoms with E-state index in [0.29, 0.717) is 40.3 Å². The van der Waals surface area contributed by atoms with Crippen molar-refractivity contribution in [3.8, 4) is 22.8 Å². The van der Waals surface area contributed by atoms with Crippen molar-refractivity contribution in [3.05, 3.63) is 71.2 Å². The Kier molecular flexibility index (Phi) is 6.92. The van der Waals surface area contributed by atoms with Crippen molar-refractivity contribution in [2.45, 2.75) is 13.5 Å². The van der Waals surface area contributed by atoms with Crippen LogP contribution >= 0.6 is 11.6 Å². The third-order valence-corrected chi connectivity index (χ3v) is 4.18. The number of nitrogens with zero attached hydrogens (tertiary/aromatic N) is 1. The van der Waals surface area contributed by atoms with Gasteiger partial charge < -0.3 is 18.6 Å². The molecule has 0 atom stereocenters. The molecular weight excluding hydrogens is 394 g/mol. The van der Waals surface area contributed by atoms with Gasteiger partial charge in [0.05, 0.1) is 24.9 Å². The van der Waals surface area contributed by atoms with Crippen LogP contribution in [0.5, 0.6) is 11.5 Å². The molecule has 3 rings (SSSR count). The zero-order valence-corrected chi connectivity index (χ0v) is 16.8. The van der Waals surface area contributed by atoms with Crippen molar-refractivity contribution in [2.24, 2.45) is 0 Å². The van der Waals surface area contributed by atoms with Gasteiger partial charge in [-0.1, -0.05) is 41.9 Å². The summed E-state index contributed by atoms with van der Waals surface area (Å²) in [7, 11) is 1.52. The molecule has 0 aliphatic heterocycles. The van der Waals surface area contributed by atoms with Gasteiger partial charge in [-0.25, -0.2) is 9.78 Å². The van der Waals surface area contributed by atoms with E-state index in [9.17, 15) is 4.79 Å². The van der Waals surface area contributed by atoms with Gasteiger partial charge in [0.2, 0.25) is 5.89 Å². The lowest BCUT2D eigenvalue weighted by atomic mass is 10.2.